The van der Waals surface area contributed by atoms with Crippen molar-refractivity contribution in [2.45, 2.75) is 26.9 Å². The summed E-state index contributed by atoms with van der Waals surface area (Å²) in [6.45, 7) is 6.39. The van der Waals surface area contributed by atoms with Gasteiger partial charge in [-0.3, -0.25) is 0 Å². The molecule has 1 aliphatic rings. The number of hydrogen-bond acceptors (Lipinski definition) is 6. The van der Waals surface area contributed by atoms with Crippen LogP contribution in [-0.4, -0.2) is 25.2 Å². The lowest BCUT2D eigenvalue weighted by Gasteiger charge is -2.34. The van der Waals surface area contributed by atoms with Crippen LogP contribution in [0.5, 0.6) is 11.5 Å². The maximum Gasteiger partial charge on any atom is 0.236 e. The molecular formula is C19H23N3O3. The first-order valence-electron chi connectivity index (χ1n) is 8.50. The highest BCUT2D eigenvalue weighted by Gasteiger charge is 2.27. The van der Waals surface area contributed by atoms with E-state index in [4.69, 9.17) is 13.9 Å². The Balaban J connectivity index is 1.70. The molecule has 0 radical (unpaired) electrons. The van der Waals surface area contributed by atoms with Crippen LogP contribution in [-0.2, 0) is 6.61 Å². The number of rotatable bonds is 5. The predicted octanol–water partition coefficient (Wildman–Crippen LogP) is 3.62. The smallest absolute Gasteiger partial charge is 0.236 e. The minimum atomic E-state index is 0.181. The number of ether oxygens (including phenoxy) is 2. The molecule has 0 bridgehead atoms. The van der Waals surface area contributed by atoms with Crippen LogP contribution in [0.4, 0.5) is 5.88 Å². The first-order chi connectivity index (χ1) is 12.1. The molecule has 1 aromatic heterocycles. The molecule has 1 aromatic carbocycles. The molecule has 0 aliphatic carbocycles. The second-order valence-corrected chi connectivity index (χ2v) is 6.69. The van der Waals surface area contributed by atoms with Gasteiger partial charge < -0.3 is 18.8 Å². The van der Waals surface area contributed by atoms with E-state index in [1.54, 1.807) is 7.11 Å². The second-order valence-electron chi connectivity index (χ2n) is 6.69. The molecule has 25 heavy (non-hydrogen) atoms. The number of hydrogen-bond donors (Lipinski definition) is 0. The molecule has 132 valence electrons. The minimum Gasteiger partial charge on any atom is -0.497 e. The molecule has 1 aliphatic heterocycles. The zero-order valence-corrected chi connectivity index (χ0v) is 14.9. The number of anilines is 1. The molecule has 6 nitrogen and oxygen atoms in total. The monoisotopic (exact) mass is 341 g/mol. The van der Waals surface area contributed by atoms with E-state index >= 15 is 0 Å². The Kier molecular flexibility index (Phi) is 5.13. The summed E-state index contributed by atoms with van der Waals surface area (Å²) in [6.07, 6.45) is 1.19. The number of piperidine rings is 1. The van der Waals surface area contributed by atoms with Crippen LogP contribution in [0.3, 0.4) is 0 Å². The van der Waals surface area contributed by atoms with Crippen molar-refractivity contribution in [1.29, 1.82) is 5.26 Å². The average molecular weight is 341 g/mol. The van der Waals surface area contributed by atoms with Gasteiger partial charge in [-0.15, -0.1) is 0 Å². The summed E-state index contributed by atoms with van der Waals surface area (Å²) in [7, 11) is 1.62. The van der Waals surface area contributed by atoms with Crippen molar-refractivity contribution in [3.05, 3.63) is 35.9 Å². The van der Waals surface area contributed by atoms with Crippen LogP contribution in [0, 0.1) is 23.2 Å². The van der Waals surface area contributed by atoms with Gasteiger partial charge in [0.25, 0.3) is 0 Å². The van der Waals surface area contributed by atoms with Gasteiger partial charge in [0.05, 0.1) is 7.11 Å². The van der Waals surface area contributed by atoms with Crippen molar-refractivity contribution >= 4 is 5.88 Å². The first kappa shape index (κ1) is 17.2. The quantitative estimate of drug-likeness (QED) is 0.827. The molecule has 2 aromatic rings. The fraction of sp³-hybridized carbons (Fsp3) is 0.474. The number of nitrogens with zero attached hydrogens (tertiary/aromatic N) is 3. The number of methoxy groups -OCH3 is 1. The summed E-state index contributed by atoms with van der Waals surface area (Å²) in [5, 5.41) is 9.38. The van der Waals surface area contributed by atoms with E-state index in [9.17, 15) is 5.26 Å². The van der Waals surface area contributed by atoms with Crippen LogP contribution < -0.4 is 14.4 Å². The summed E-state index contributed by atoms with van der Waals surface area (Å²) in [5.41, 5.74) is 0.328. The Labute approximate surface area is 148 Å². The fourth-order valence-corrected chi connectivity index (χ4v) is 3.35. The van der Waals surface area contributed by atoms with E-state index in [1.165, 1.54) is 6.42 Å². The Morgan fingerprint density at radius 3 is 2.44 bits per heavy atom. The van der Waals surface area contributed by atoms with Crippen LogP contribution >= 0.6 is 0 Å². The van der Waals surface area contributed by atoms with Gasteiger partial charge in [-0.25, -0.2) is 0 Å². The SMILES string of the molecule is COc1ccc(OCc2nc(C#N)c(N3C[C@H](C)C[C@H](C)C3)o2)cc1. The third-order valence-corrected chi connectivity index (χ3v) is 4.34. The Morgan fingerprint density at radius 1 is 1.20 bits per heavy atom. The first-order valence-corrected chi connectivity index (χ1v) is 8.50. The largest absolute Gasteiger partial charge is 0.497 e. The van der Waals surface area contributed by atoms with Crippen LogP contribution in [0.1, 0.15) is 31.9 Å². The molecule has 1 saturated heterocycles. The molecule has 1 fully saturated rings. The van der Waals surface area contributed by atoms with Gasteiger partial charge >= 0.3 is 0 Å². The summed E-state index contributed by atoms with van der Waals surface area (Å²) in [5.74, 6) is 3.58. The van der Waals surface area contributed by atoms with Gasteiger partial charge in [0, 0.05) is 13.1 Å². The van der Waals surface area contributed by atoms with Crippen LogP contribution in [0.15, 0.2) is 28.7 Å². The van der Waals surface area contributed by atoms with E-state index in [0.29, 0.717) is 35.1 Å². The van der Waals surface area contributed by atoms with Gasteiger partial charge in [-0.1, -0.05) is 13.8 Å². The van der Waals surface area contributed by atoms with Crippen molar-refractivity contribution < 1.29 is 13.9 Å². The van der Waals surface area contributed by atoms with Gasteiger partial charge in [-0.05, 0) is 42.5 Å². The lowest BCUT2D eigenvalue weighted by atomic mass is 9.92. The van der Waals surface area contributed by atoms with Crippen molar-refractivity contribution in [1.82, 2.24) is 4.98 Å². The highest BCUT2D eigenvalue weighted by molar-refractivity contribution is 5.48. The maximum absolute atomic E-state index is 9.38. The summed E-state index contributed by atoms with van der Waals surface area (Å²) in [4.78, 5) is 6.41. The number of aromatic nitrogens is 1. The van der Waals surface area contributed by atoms with Crippen molar-refractivity contribution in [3.63, 3.8) is 0 Å². The Morgan fingerprint density at radius 2 is 1.84 bits per heavy atom. The van der Waals surface area contributed by atoms with E-state index in [0.717, 1.165) is 18.8 Å². The molecule has 2 heterocycles. The van der Waals surface area contributed by atoms with Gasteiger partial charge in [0.1, 0.15) is 17.6 Å². The topological polar surface area (TPSA) is 71.5 Å². The number of nitriles is 1. The highest BCUT2D eigenvalue weighted by Crippen LogP contribution is 2.29. The lowest BCUT2D eigenvalue weighted by Crippen LogP contribution is -2.38. The molecule has 0 amide bonds. The number of oxazole rings is 1. The molecule has 0 saturated carbocycles. The van der Waals surface area contributed by atoms with Gasteiger partial charge in [0.2, 0.25) is 17.5 Å². The van der Waals surface area contributed by atoms with Crippen molar-refractivity contribution in [3.8, 4) is 17.6 Å². The summed E-state index contributed by atoms with van der Waals surface area (Å²) >= 11 is 0. The minimum absolute atomic E-state index is 0.181. The maximum atomic E-state index is 9.38. The zero-order chi connectivity index (χ0) is 17.8. The molecule has 2 atom stereocenters. The Bertz CT molecular complexity index is 738. The van der Waals surface area contributed by atoms with Gasteiger partial charge in [0.15, 0.2) is 6.61 Å². The average Bonchev–Trinajstić information content (AvgIpc) is 3.03. The Hall–Kier alpha value is -2.68. The zero-order valence-electron chi connectivity index (χ0n) is 14.9. The number of benzene rings is 1. The molecule has 0 unspecified atom stereocenters. The predicted molar refractivity (Wildman–Crippen MR) is 93.7 cm³/mol. The van der Waals surface area contributed by atoms with Crippen LogP contribution in [0.2, 0.25) is 0 Å². The molecular weight excluding hydrogens is 318 g/mol. The van der Waals surface area contributed by atoms with Crippen LogP contribution in [0.25, 0.3) is 0 Å². The standard InChI is InChI=1S/C19H23N3O3/c1-13-8-14(2)11-22(10-13)19-17(9-20)21-18(25-19)12-24-16-6-4-15(23-3)5-7-16/h4-7,13-14H,8,10-12H2,1-3H3/t13-,14+. The van der Waals surface area contributed by atoms with E-state index in [-0.39, 0.29) is 6.61 Å². The third kappa shape index (κ3) is 4.05. The van der Waals surface area contributed by atoms with E-state index in [1.807, 2.05) is 24.3 Å². The molecule has 0 spiro atoms. The van der Waals surface area contributed by atoms with Gasteiger partial charge in [-0.2, -0.15) is 10.2 Å². The lowest BCUT2D eigenvalue weighted by molar-refractivity contribution is 0.260. The fourth-order valence-electron chi connectivity index (χ4n) is 3.35. The van der Waals surface area contributed by atoms with E-state index in [2.05, 4.69) is 29.8 Å². The molecule has 3 rings (SSSR count). The summed E-state index contributed by atoms with van der Waals surface area (Å²) in [6, 6.07) is 9.43. The third-order valence-electron chi connectivity index (χ3n) is 4.34. The van der Waals surface area contributed by atoms with Crippen molar-refractivity contribution in [2.24, 2.45) is 11.8 Å². The normalized spacial score (nSPS) is 20.2. The highest BCUT2D eigenvalue weighted by atomic mass is 16.5. The second kappa shape index (κ2) is 7.47. The molecule has 0 N–H and O–H groups in total. The van der Waals surface area contributed by atoms with Crippen molar-refractivity contribution in [2.75, 3.05) is 25.1 Å². The molecule has 6 heteroatoms. The van der Waals surface area contributed by atoms with E-state index < -0.39 is 0 Å². The summed E-state index contributed by atoms with van der Waals surface area (Å²) < 4.78 is 16.7.